The van der Waals surface area contributed by atoms with Gasteiger partial charge in [0.25, 0.3) is 0 Å². The number of benzene rings is 2. The number of aromatic nitrogens is 3. The molecule has 1 amide bonds. The molecule has 4 rings (SSSR count). The van der Waals surface area contributed by atoms with Crippen molar-refractivity contribution in [2.24, 2.45) is 0 Å². The van der Waals surface area contributed by atoms with Crippen molar-refractivity contribution in [2.75, 3.05) is 13.2 Å². The molecule has 2 heterocycles. The third-order valence-corrected chi connectivity index (χ3v) is 4.56. The fourth-order valence-electron chi connectivity index (χ4n) is 2.94. The highest BCUT2D eigenvalue weighted by atomic mass is 19.1. The predicted octanol–water partition coefficient (Wildman–Crippen LogP) is 3.99. The van der Waals surface area contributed by atoms with E-state index in [1.165, 1.54) is 16.7 Å². The summed E-state index contributed by atoms with van der Waals surface area (Å²) in [5, 5.41) is 10.8. The summed E-state index contributed by atoms with van der Waals surface area (Å²) in [6.07, 6.45) is 4.72. The Hall–Kier alpha value is -4.53. The van der Waals surface area contributed by atoms with Crippen LogP contribution in [0.5, 0.6) is 17.5 Å². The van der Waals surface area contributed by atoms with Gasteiger partial charge in [0.05, 0.1) is 6.54 Å². The van der Waals surface area contributed by atoms with Crippen LogP contribution in [0.25, 0.3) is 11.1 Å². The summed E-state index contributed by atoms with van der Waals surface area (Å²) in [7, 11) is 0. The molecule has 0 saturated heterocycles. The zero-order valence-electron chi connectivity index (χ0n) is 17.4. The number of nitrogens with one attached hydrogen (secondary N) is 2. The topological polar surface area (TPSA) is 102 Å². The fraction of sp³-hybridized carbons (Fsp3) is 0.0833. The lowest BCUT2D eigenvalue weighted by Gasteiger charge is -2.11. The number of rotatable bonds is 7. The maximum absolute atomic E-state index is 13.0. The van der Waals surface area contributed by atoms with E-state index >= 15 is 0 Å². The van der Waals surface area contributed by atoms with Crippen LogP contribution in [0, 0.1) is 11.2 Å². The van der Waals surface area contributed by atoms with E-state index in [1.807, 2.05) is 12.1 Å². The quantitative estimate of drug-likeness (QED) is 0.419. The molecule has 2 aromatic heterocycles. The lowest BCUT2D eigenvalue weighted by atomic mass is 10.1. The first-order valence-corrected chi connectivity index (χ1v) is 10.1. The number of pyridine rings is 1. The SMILES string of the molecule is N=c1ccc(-c2ccc(Oc3ccc(F)cc3)cc2)cn1C(=O)NCCOc1ncccn1. The molecule has 2 N–H and O–H groups in total. The maximum atomic E-state index is 13.0. The molecule has 0 radical (unpaired) electrons. The monoisotopic (exact) mass is 445 g/mol. The van der Waals surface area contributed by atoms with Crippen molar-refractivity contribution in [3.05, 3.63) is 96.6 Å². The zero-order chi connectivity index (χ0) is 23.0. The van der Waals surface area contributed by atoms with Crippen molar-refractivity contribution in [2.45, 2.75) is 0 Å². The molecule has 8 nitrogen and oxygen atoms in total. The Morgan fingerprint density at radius 1 is 0.939 bits per heavy atom. The molecule has 0 aliphatic carbocycles. The van der Waals surface area contributed by atoms with Gasteiger partial charge in [0, 0.05) is 18.6 Å². The van der Waals surface area contributed by atoms with Crippen molar-refractivity contribution in [3.63, 3.8) is 0 Å². The molecular weight excluding hydrogens is 425 g/mol. The Balaban J connectivity index is 1.39. The average molecular weight is 445 g/mol. The van der Waals surface area contributed by atoms with Crippen LogP contribution >= 0.6 is 0 Å². The van der Waals surface area contributed by atoms with Crippen molar-refractivity contribution in [1.29, 1.82) is 5.41 Å². The molecular formula is C24H20FN5O3. The van der Waals surface area contributed by atoms with E-state index in [9.17, 15) is 9.18 Å². The van der Waals surface area contributed by atoms with E-state index in [2.05, 4.69) is 15.3 Å². The molecule has 33 heavy (non-hydrogen) atoms. The number of carbonyl (C=O) groups is 1. The molecule has 4 aromatic rings. The summed E-state index contributed by atoms with van der Waals surface area (Å²) in [5.41, 5.74) is 1.64. The molecule has 0 aliphatic heterocycles. The molecule has 0 spiro atoms. The summed E-state index contributed by atoms with van der Waals surface area (Å²) in [4.78, 5) is 20.4. The lowest BCUT2D eigenvalue weighted by Crippen LogP contribution is -2.37. The molecule has 0 bridgehead atoms. The zero-order valence-corrected chi connectivity index (χ0v) is 17.4. The van der Waals surface area contributed by atoms with E-state index in [4.69, 9.17) is 14.9 Å². The fourth-order valence-corrected chi connectivity index (χ4v) is 2.94. The summed E-state index contributed by atoms with van der Waals surface area (Å²) in [6.45, 7) is 0.419. The number of hydrogen-bond donors (Lipinski definition) is 2. The predicted molar refractivity (Wildman–Crippen MR) is 119 cm³/mol. The van der Waals surface area contributed by atoms with Crippen molar-refractivity contribution >= 4 is 6.03 Å². The number of nitrogens with zero attached hydrogens (tertiary/aromatic N) is 3. The minimum absolute atomic E-state index is 0.0415. The van der Waals surface area contributed by atoms with Crippen LogP contribution < -0.4 is 20.3 Å². The normalized spacial score (nSPS) is 10.5. The van der Waals surface area contributed by atoms with Gasteiger partial charge >= 0.3 is 12.0 Å². The van der Waals surface area contributed by atoms with E-state index < -0.39 is 6.03 Å². The molecule has 166 valence electrons. The Morgan fingerprint density at radius 2 is 1.58 bits per heavy atom. The lowest BCUT2D eigenvalue weighted by molar-refractivity contribution is 0.235. The van der Waals surface area contributed by atoms with Crippen LogP contribution in [0.15, 0.2) is 85.3 Å². The Morgan fingerprint density at radius 3 is 2.27 bits per heavy atom. The maximum Gasteiger partial charge on any atom is 0.327 e. The number of amides is 1. The van der Waals surface area contributed by atoms with Crippen LogP contribution in [-0.2, 0) is 0 Å². The minimum Gasteiger partial charge on any atom is -0.462 e. The van der Waals surface area contributed by atoms with Crippen molar-refractivity contribution in [1.82, 2.24) is 19.9 Å². The molecule has 2 aromatic carbocycles. The first kappa shape index (κ1) is 21.7. The third kappa shape index (κ3) is 5.79. The highest BCUT2D eigenvalue weighted by molar-refractivity contribution is 5.78. The van der Waals surface area contributed by atoms with E-state index in [-0.39, 0.29) is 30.5 Å². The summed E-state index contributed by atoms with van der Waals surface area (Å²) in [5.74, 6) is 0.793. The Bertz CT molecular complexity index is 1280. The number of halogens is 1. The van der Waals surface area contributed by atoms with Crippen LogP contribution in [0.2, 0.25) is 0 Å². The number of carbonyl (C=O) groups excluding carboxylic acids is 1. The highest BCUT2D eigenvalue weighted by Crippen LogP contribution is 2.25. The largest absolute Gasteiger partial charge is 0.462 e. The molecule has 9 heteroatoms. The standard InChI is InChI=1S/C24H20FN5O3/c25-19-5-9-21(10-6-19)33-20-7-2-17(3-8-20)18-4-11-22(26)30(16-18)24(31)29-14-15-32-23-27-12-1-13-28-23/h1-13,16,26H,14-15H2,(H,29,31). The van der Waals surface area contributed by atoms with Crippen LogP contribution in [0.3, 0.4) is 0 Å². The average Bonchev–Trinajstić information content (AvgIpc) is 2.85. The third-order valence-electron chi connectivity index (χ3n) is 4.56. The first-order valence-electron chi connectivity index (χ1n) is 10.1. The second-order valence-corrected chi connectivity index (χ2v) is 6.87. The smallest absolute Gasteiger partial charge is 0.327 e. The Kier molecular flexibility index (Phi) is 6.70. The van der Waals surface area contributed by atoms with Gasteiger partial charge in [-0.15, -0.1) is 0 Å². The second-order valence-electron chi connectivity index (χ2n) is 6.87. The van der Waals surface area contributed by atoms with Crippen LogP contribution in [-0.4, -0.2) is 33.7 Å². The molecule has 0 saturated carbocycles. The molecule has 0 unspecified atom stereocenters. The number of hydrogen-bond acceptors (Lipinski definition) is 6. The highest BCUT2D eigenvalue weighted by Gasteiger charge is 2.08. The van der Waals surface area contributed by atoms with Crippen molar-refractivity contribution in [3.8, 4) is 28.6 Å². The second kappa shape index (κ2) is 10.2. The van der Waals surface area contributed by atoms with E-state index in [1.54, 1.807) is 61.1 Å². The Labute approximate surface area is 188 Å². The van der Waals surface area contributed by atoms with Gasteiger partial charge < -0.3 is 14.8 Å². The van der Waals surface area contributed by atoms with E-state index in [0.29, 0.717) is 11.5 Å². The van der Waals surface area contributed by atoms with Crippen molar-refractivity contribution < 1.29 is 18.7 Å². The van der Waals surface area contributed by atoms with Gasteiger partial charge in [-0.3, -0.25) is 9.98 Å². The van der Waals surface area contributed by atoms with Gasteiger partial charge in [-0.2, -0.15) is 0 Å². The summed E-state index contributed by atoms with van der Waals surface area (Å²) < 4.78 is 25.3. The number of ether oxygens (including phenoxy) is 2. The van der Waals surface area contributed by atoms with Gasteiger partial charge in [-0.05, 0) is 65.7 Å². The van der Waals surface area contributed by atoms with Gasteiger partial charge in [0.1, 0.15) is 29.4 Å². The first-order chi connectivity index (χ1) is 16.1. The van der Waals surface area contributed by atoms with Gasteiger partial charge in [0.15, 0.2) is 0 Å². The van der Waals surface area contributed by atoms with Gasteiger partial charge in [-0.25, -0.2) is 19.2 Å². The summed E-state index contributed by atoms with van der Waals surface area (Å²) >= 11 is 0. The molecule has 0 aliphatic rings. The van der Waals surface area contributed by atoms with Gasteiger partial charge in [0.2, 0.25) is 0 Å². The molecule has 0 fully saturated rings. The molecule has 0 atom stereocenters. The minimum atomic E-state index is -0.448. The van der Waals surface area contributed by atoms with Gasteiger partial charge in [-0.1, -0.05) is 12.1 Å². The summed E-state index contributed by atoms with van der Waals surface area (Å²) in [6, 6.07) is 17.8. The van der Waals surface area contributed by atoms with E-state index in [0.717, 1.165) is 11.1 Å². The van der Waals surface area contributed by atoms with Crippen LogP contribution in [0.1, 0.15) is 0 Å². The van der Waals surface area contributed by atoms with Crippen LogP contribution in [0.4, 0.5) is 9.18 Å².